The molecule has 7 nitrogen and oxygen atoms in total. The van der Waals surface area contributed by atoms with Crippen molar-refractivity contribution < 1.29 is 26.7 Å². The molecule has 1 aromatic carbocycles. The van der Waals surface area contributed by atoms with Crippen molar-refractivity contribution >= 4 is 27.8 Å². The third-order valence-electron chi connectivity index (χ3n) is 5.12. The molecule has 1 aromatic heterocycles. The summed E-state index contributed by atoms with van der Waals surface area (Å²) in [5.74, 6) is 0.322. The highest BCUT2D eigenvalue weighted by molar-refractivity contribution is 8.04. The lowest BCUT2D eigenvalue weighted by Gasteiger charge is -2.37. The topological polar surface area (TPSA) is 72.0 Å². The predicted octanol–water partition coefficient (Wildman–Crippen LogP) is 4.55. The number of fused-ring (bicyclic) bond motifs is 1. The van der Waals surface area contributed by atoms with Crippen molar-refractivity contribution in [3.8, 4) is 11.5 Å². The van der Waals surface area contributed by atoms with Crippen LogP contribution in [-0.4, -0.2) is 43.1 Å². The van der Waals surface area contributed by atoms with E-state index in [-0.39, 0.29) is 35.5 Å². The molecule has 2 aromatic rings. The summed E-state index contributed by atoms with van der Waals surface area (Å²) < 4.78 is 65.0. The van der Waals surface area contributed by atoms with Gasteiger partial charge in [-0.05, 0) is 67.8 Å². The number of hydrogen-bond acceptors (Lipinski definition) is 7. The summed E-state index contributed by atoms with van der Waals surface area (Å²) in [4.78, 5) is 5.40. The fourth-order valence-corrected chi connectivity index (χ4v) is 6.06. The minimum Gasteiger partial charge on any atom is -0.395 e. The SMILES string of the molecule is C=C(C)SN(c1cccc(C)n1)C1CCN(S(=O)(=O)c2ccc3c(c2)OC(F)(F)O3)CC1. The first kappa shape index (κ1) is 22.8. The van der Waals surface area contributed by atoms with E-state index in [1.165, 1.54) is 28.4 Å². The summed E-state index contributed by atoms with van der Waals surface area (Å²) in [5.41, 5.74) is 0.892. The van der Waals surface area contributed by atoms with E-state index in [1.54, 1.807) is 0 Å². The van der Waals surface area contributed by atoms with E-state index in [0.29, 0.717) is 12.8 Å². The van der Waals surface area contributed by atoms with Crippen LogP contribution < -0.4 is 13.8 Å². The van der Waals surface area contributed by atoms with Crippen molar-refractivity contribution in [2.24, 2.45) is 0 Å². The maximum atomic E-state index is 13.3. The number of sulfonamides is 1. The molecule has 172 valence electrons. The summed E-state index contributed by atoms with van der Waals surface area (Å²) in [6, 6.07) is 9.37. The Balaban J connectivity index is 1.49. The highest BCUT2D eigenvalue weighted by atomic mass is 32.2. The van der Waals surface area contributed by atoms with E-state index < -0.39 is 16.3 Å². The van der Waals surface area contributed by atoms with Gasteiger partial charge >= 0.3 is 6.29 Å². The molecule has 0 radical (unpaired) electrons. The molecule has 4 rings (SSSR count). The van der Waals surface area contributed by atoms with Crippen LogP contribution in [0.25, 0.3) is 0 Å². The minimum absolute atomic E-state index is 0.0629. The first-order chi connectivity index (χ1) is 15.0. The lowest BCUT2D eigenvalue weighted by molar-refractivity contribution is -0.286. The lowest BCUT2D eigenvalue weighted by Crippen LogP contribution is -2.45. The number of benzene rings is 1. The van der Waals surface area contributed by atoms with Gasteiger partial charge < -0.3 is 9.47 Å². The van der Waals surface area contributed by atoms with Gasteiger partial charge in [0.15, 0.2) is 11.5 Å². The Kier molecular flexibility index (Phi) is 6.08. The van der Waals surface area contributed by atoms with E-state index in [2.05, 4.69) is 25.3 Å². The second kappa shape index (κ2) is 8.53. The van der Waals surface area contributed by atoms with Crippen LogP contribution in [0.5, 0.6) is 11.5 Å². The number of ether oxygens (including phenoxy) is 2. The zero-order valence-corrected chi connectivity index (χ0v) is 19.3. The molecule has 11 heteroatoms. The Labute approximate surface area is 190 Å². The van der Waals surface area contributed by atoms with Crippen LogP contribution in [0, 0.1) is 6.92 Å². The molecule has 0 N–H and O–H groups in total. The van der Waals surface area contributed by atoms with Crippen LogP contribution in [0.2, 0.25) is 0 Å². The van der Waals surface area contributed by atoms with Gasteiger partial charge in [-0.25, -0.2) is 13.4 Å². The molecule has 1 saturated heterocycles. The average Bonchev–Trinajstić information content (AvgIpc) is 3.05. The van der Waals surface area contributed by atoms with Crippen molar-refractivity contribution in [3.05, 3.63) is 53.6 Å². The molecule has 1 fully saturated rings. The Morgan fingerprint density at radius 1 is 1.22 bits per heavy atom. The van der Waals surface area contributed by atoms with E-state index >= 15 is 0 Å². The van der Waals surface area contributed by atoms with E-state index in [9.17, 15) is 17.2 Å². The standard InChI is InChI=1S/C21H23F2N3O4S2/c1-14(2)31-26(20-6-4-5-15(3)24-20)16-9-11-25(12-10-16)32(27,28)17-7-8-18-19(13-17)30-21(22,23)29-18/h4-8,13,16H,1,9-12H2,2-3H3. The van der Waals surface area contributed by atoms with Gasteiger partial charge in [-0.3, -0.25) is 4.31 Å². The van der Waals surface area contributed by atoms with Gasteiger partial charge in [0.1, 0.15) is 5.82 Å². The molecular weight excluding hydrogens is 460 g/mol. The third-order valence-corrected chi connectivity index (χ3v) is 8.01. The second-order valence-electron chi connectivity index (χ2n) is 7.67. The first-order valence-corrected chi connectivity index (χ1v) is 12.2. The smallest absolute Gasteiger partial charge is 0.395 e. The molecule has 0 aliphatic carbocycles. The largest absolute Gasteiger partial charge is 0.586 e. The van der Waals surface area contributed by atoms with Crippen LogP contribution in [-0.2, 0) is 10.0 Å². The quantitative estimate of drug-likeness (QED) is 0.558. The number of halogens is 2. The number of hydrogen-bond donors (Lipinski definition) is 0. The van der Waals surface area contributed by atoms with Crippen LogP contribution in [0.15, 0.2) is 52.8 Å². The van der Waals surface area contributed by atoms with Crippen LogP contribution >= 0.6 is 11.9 Å². The molecule has 0 spiro atoms. The maximum absolute atomic E-state index is 13.3. The lowest BCUT2D eigenvalue weighted by atomic mass is 10.1. The molecule has 3 heterocycles. The molecule has 2 aliphatic heterocycles. The van der Waals surface area contributed by atoms with Gasteiger partial charge in [0, 0.05) is 30.9 Å². The van der Waals surface area contributed by atoms with E-state index in [1.807, 2.05) is 32.0 Å². The van der Waals surface area contributed by atoms with Crippen molar-refractivity contribution in [1.29, 1.82) is 0 Å². The van der Waals surface area contributed by atoms with Gasteiger partial charge in [0.2, 0.25) is 10.0 Å². The summed E-state index contributed by atoms with van der Waals surface area (Å²) >= 11 is 1.49. The molecule has 0 amide bonds. The third kappa shape index (κ3) is 4.69. The first-order valence-electron chi connectivity index (χ1n) is 10.0. The number of allylic oxidation sites excluding steroid dienone is 1. The zero-order chi connectivity index (χ0) is 23.1. The number of piperidine rings is 1. The normalized spacial score (nSPS) is 18.5. The van der Waals surface area contributed by atoms with Gasteiger partial charge in [-0.1, -0.05) is 12.6 Å². The highest BCUT2D eigenvalue weighted by Gasteiger charge is 2.44. The molecule has 32 heavy (non-hydrogen) atoms. The summed E-state index contributed by atoms with van der Waals surface area (Å²) in [5, 5.41) is 0. The zero-order valence-electron chi connectivity index (χ0n) is 17.6. The van der Waals surface area contributed by atoms with Crippen molar-refractivity contribution in [1.82, 2.24) is 9.29 Å². The van der Waals surface area contributed by atoms with Crippen molar-refractivity contribution in [2.45, 2.75) is 43.9 Å². The molecule has 0 atom stereocenters. The minimum atomic E-state index is -3.87. The van der Waals surface area contributed by atoms with Crippen LogP contribution in [0.4, 0.5) is 14.6 Å². The number of nitrogens with zero attached hydrogens (tertiary/aromatic N) is 3. The Hall–Kier alpha value is -2.37. The Morgan fingerprint density at radius 2 is 1.91 bits per heavy atom. The fraction of sp³-hybridized carbons (Fsp3) is 0.381. The molecule has 0 unspecified atom stereocenters. The predicted molar refractivity (Wildman–Crippen MR) is 118 cm³/mol. The van der Waals surface area contributed by atoms with Crippen LogP contribution in [0.1, 0.15) is 25.5 Å². The number of aromatic nitrogens is 1. The highest BCUT2D eigenvalue weighted by Crippen LogP contribution is 2.42. The number of anilines is 1. The van der Waals surface area contributed by atoms with E-state index in [0.717, 1.165) is 22.5 Å². The van der Waals surface area contributed by atoms with Gasteiger partial charge in [0.05, 0.1) is 4.90 Å². The van der Waals surface area contributed by atoms with Gasteiger partial charge in [-0.2, -0.15) is 4.31 Å². The number of pyridine rings is 1. The van der Waals surface area contributed by atoms with E-state index in [4.69, 9.17) is 0 Å². The summed E-state index contributed by atoms with van der Waals surface area (Å²) in [6.07, 6.45) is -2.63. The van der Waals surface area contributed by atoms with Gasteiger partial charge in [-0.15, -0.1) is 8.78 Å². The van der Waals surface area contributed by atoms with Gasteiger partial charge in [0.25, 0.3) is 0 Å². The Morgan fingerprint density at radius 3 is 2.56 bits per heavy atom. The number of aryl methyl sites for hydroxylation is 1. The monoisotopic (exact) mass is 483 g/mol. The molecule has 0 bridgehead atoms. The molecule has 2 aliphatic rings. The second-order valence-corrected chi connectivity index (χ2v) is 10.9. The Bertz CT molecular complexity index is 1140. The fourth-order valence-electron chi connectivity index (χ4n) is 3.68. The molecular formula is C21H23F2N3O4S2. The average molecular weight is 484 g/mol. The summed E-state index contributed by atoms with van der Waals surface area (Å²) in [7, 11) is -3.87. The van der Waals surface area contributed by atoms with Crippen molar-refractivity contribution in [3.63, 3.8) is 0 Å². The van der Waals surface area contributed by atoms with Crippen LogP contribution in [0.3, 0.4) is 0 Å². The maximum Gasteiger partial charge on any atom is 0.586 e. The number of alkyl halides is 2. The van der Waals surface area contributed by atoms with Crippen molar-refractivity contribution in [2.75, 3.05) is 17.4 Å². The summed E-state index contributed by atoms with van der Waals surface area (Å²) in [6.45, 7) is 8.39. The number of rotatable bonds is 6. The molecule has 0 saturated carbocycles.